The fraction of sp³-hybridized carbons (Fsp3) is 0.533. The van der Waals surface area contributed by atoms with Gasteiger partial charge in [-0.15, -0.1) is 0 Å². The summed E-state index contributed by atoms with van der Waals surface area (Å²) in [6.07, 6.45) is 5.22. The van der Waals surface area contributed by atoms with Gasteiger partial charge in [-0.05, 0) is 30.4 Å². The maximum atomic E-state index is 12.1. The molecule has 1 fully saturated rings. The van der Waals surface area contributed by atoms with Crippen LogP contribution in [0.4, 0.5) is 0 Å². The normalized spacial score (nSPS) is 23.4. The highest BCUT2D eigenvalue weighted by molar-refractivity contribution is 5.89. The van der Waals surface area contributed by atoms with Crippen LogP contribution in [0.1, 0.15) is 42.7 Å². The first-order valence-electron chi connectivity index (χ1n) is 6.48. The van der Waals surface area contributed by atoms with Gasteiger partial charge in [0.25, 0.3) is 0 Å². The minimum Gasteiger partial charge on any atom is -0.496 e. The van der Waals surface area contributed by atoms with Crippen LogP contribution in [0.25, 0.3) is 0 Å². The van der Waals surface area contributed by atoms with Gasteiger partial charge in [0.05, 0.1) is 7.11 Å². The van der Waals surface area contributed by atoms with Crippen molar-refractivity contribution in [3.05, 3.63) is 29.3 Å². The quantitative estimate of drug-likeness (QED) is 0.797. The van der Waals surface area contributed by atoms with E-state index in [1.165, 1.54) is 24.0 Å². The Kier molecular flexibility index (Phi) is 2.65. The lowest BCUT2D eigenvalue weighted by molar-refractivity contribution is -0.121. The molecule has 0 amide bonds. The SMILES string of the molecule is COc1cccc2c1[C@H](CC1CC1)C(=O)CC2. The van der Waals surface area contributed by atoms with Crippen LogP contribution < -0.4 is 4.74 Å². The number of Topliss-reactive ketones (excluding diaryl/α,β-unsaturated/α-hetero) is 1. The summed E-state index contributed by atoms with van der Waals surface area (Å²) in [4.78, 5) is 12.1. The van der Waals surface area contributed by atoms with E-state index >= 15 is 0 Å². The zero-order valence-corrected chi connectivity index (χ0v) is 10.2. The van der Waals surface area contributed by atoms with E-state index in [0.717, 1.165) is 24.5 Å². The van der Waals surface area contributed by atoms with Gasteiger partial charge >= 0.3 is 0 Å². The van der Waals surface area contributed by atoms with Gasteiger partial charge in [0, 0.05) is 17.9 Å². The Morgan fingerprint density at radius 3 is 2.82 bits per heavy atom. The predicted molar refractivity (Wildman–Crippen MR) is 66.4 cm³/mol. The van der Waals surface area contributed by atoms with Crippen LogP contribution >= 0.6 is 0 Å². The molecule has 1 saturated carbocycles. The van der Waals surface area contributed by atoms with Crippen LogP contribution in [-0.2, 0) is 11.2 Å². The Balaban J connectivity index is 2.01. The molecule has 17 heavy (non-hydrogen) atoms. The zero-order valence-electron chi connectivity index (χ0n) is 10.2. The number of hydrogen-bond acceptors (Lipinski definition) is 2. The van der Waals surface area contributed by atoms with Crippen molar-refractivity contribution < 1.29 is 9.53 Å². The van der Waals surface area contributed by atoms with Crippen molar-refractivity contribution in [2.75, 3.05) is 7.11 Å². The molecule has 0 N–H and O–H groups in total. The summed E-state index contributed by atoms with van der Waals surface area (Å²) in [7, 11) is 1.70. The van der Waals surface area contributed by atoms with Gasteiger partial charge < -0.3 is 4.74 Å². The van der Waals surface area contributed by atoms with Crippen LogP contribution in [-0.4, -0.2) is 12.9 Å². The summed E-state index contributed by atoms with van der Waals surface area (Å²) >= 11 is 0. The van der Waals surface area contributed by atoms with Gasteiger partial charge in [-0.2, -0.15) is 0 Å². The number of benzene rings is 1. The third-order valence-corrected chi connectivity index (χ3v) is 4.02. The van der Waals surface area contributed by atoms with Crippen LogP contribution in [0.5, 0.6) is 5.75 Å². The third-order valence-electron chi connectivity index (χ3n) is 4.02. The molecule has 0 spiro atoms. The Hall–Kier alpha value is -1.31. The van der Waals surface area contributed by atoms with E-state index in [0.29, 0.717) is 12.2 Å². The highest BCUT2D eigenvalue weighted by Gasteiger charge is 2.35. The molecule has 1 atom stereocenters. The molecule has 2 aliphatic rings. The molecule has 0 aliphatic heterocycles. The summed E-state index contributed by atoms with van der Waals surface area (Å²) in [6, 6.07) is 6.16. The van der Waals surface area contributed by atoms with Gasteiger partial charge in [0.2, 0.25) is 0 Å². The maximum Gasteiger partial charge on any atom is 0.140 e. The van der Waals surface area contributed by atoms with Gasteiger partial charge in [0.15, 0.2) is 0 Å². The molecule has 0 radical (unpaired) electrons. The monoisotopic (exact) mass is 230 g/mol. The summed E-state index contributed by atoms with van der Waals surface area (Å²) in [5.41, 5.74) is 2.49. The Morgan fingerprint density at radius 2 is 2.12 bits per heavy atom. The molecule has 2 nitrogen and oxygen atoms in total. The molecule has 1 aromatic rings. The molecule has 0 aromatic heterocycles. The van der Waals surface area contributed by atoms with Crippen LogP contribution in [0, 0.1) is 5.92 Å². The molecule has 0 saturated heterocycles. The van der Waals surface area contributed by atoms with Crippen LogP contribution in [0.2, 0.25) is 0 Å². The van der Waals surface area contributed by atoms with Gasteiger partial charge in [-0.25, -0.2) is 0 Å². The Morgan fingerprint density at radius 1 is 1.29 bits per heavy atom. The lowest BCUT2D eigenvalue weighted by atomic mass is 9.78. The molecule has 90 valence electrons. The van der Waals surface area contributed by atoms with E-state index in [9.17, 15) is 4.79 Å². The standard InChI is InChI=1S/C15H18O2/c1-17-14-4-2-3-11-7-8-13(16)12(15(11)14)9-10-5-6-10/h2-4,10,12H,5-9H2,1H3/t12-/m1/s1. The van der Waals surface area contributed by atoms with Gasteiger partial charge in [0.1, 0.15) is 11.5 Å². The maximum absolute atomic E-state index is 12.1. The lowest BCUT2D eigenvalue weighted by Gasteiger charge is -2.26. The number of ketones is 1. The molecule has 1 aromatic carbocycles. The number of carbonyl (C=O) groups excluding carboxylic acids is 1. The number of carbonyl (C=O) groups is 1. The van der Waals surface area contributed by atoms with E-state index in [4.69, 9.17) is 4.74 Å². The molecule has 0 heterocycles. The Labute approximate surface area is 102 Å². The fourth-order valence-electron chi connectivity index (χ4n) is 2.91. The first-order chi connectivity index (χ1) is 8.29. The average molecular weight is 230 g/mol. The summed E-state index contributed by atoms with van der Waals surface area (Å²) in [5.74, 6) is 2.19. The molecule has 3 rings (SSSR count). The highest BCUT2D eigenvalue weighted by atomic mass is 16.5. The molecule has 0 unspecified atom stereocenters. The van der Waals surface area contributed by atoms with E-state index in [-0.39, 0.29) is 5.92 Å². The van der Waals surface area contributed by atoms with Gasteiger partial charge in [-0.3, -0.25) is 4.79 Å². The zero-order chi connectivity index (χ0) is 11.8. The van der Waals surface area contributed by atoms with Crippen molar-refractivity contribution in [1.29, 1.82) is 0 Å². The molecular formula is C15H18O2. The van der Waals surface area contributed by atoms with E-state index in [1.807, 2.05) is 12.1 Å². The van der Waals surface area contributed by atoms with Gasteiger partial charge in [-0.1, -0.05) is 25.0 Å². The lowest BCUT2D eigenvalue weighted by Crippen LogP contribution is -2.21. The first kappa shape index (κ1) is 10.8. The molecule has 0 bridgehead atoms. The van der Waals surface area contributed by atoms with Crippen molar-refractivity contribution in [3.8, 4) is 5.75 Å². The topological polar surface area (TPSA) is 26.3 Å². The number of methoxy groups -OCH3 is 1. The number of hydrogen-bond donors (Lipinski definition) is 0. The number of aryl methyl sites for hydroxylation is 1. The molecule has 2 aliphatic carbocycles. The minimum atomic E-state index is 0.0994. The average Bonchev–Trinajstić information content (AvgIpc) is 3.16. The smallest absolute Gasteiger partial charge is 0.140 e. The first-order valence-corrected chi connectivity index (χ1v) is 6.48. The number of fused-ring (bicyclic) bond motifs is 1. The summed E-state index contributed by atoms with van der Waals surface area (Å²) in [6.45, 7) is 0. The largest absolute Gasteiger partial charge is 0.496 e. The minimum absolute atomic E-state index is 0.0994. The second kappa shape index (κ2) is 4.17. The summed E-state index contributed by atoms with van der Waals surface area (Å²) in [5, 5.41) is 0. The highest BCUT2D eigenvalue weighted by Crippen LogP contribution is 2.44. The number of ether oxygens (including phenoxy) is 1. The van der Waals surface area contributed by atoms with Crippen molar-refractivity contribution in [3.63, 3.8) is 0 Å². The molecular weight excluding hydrogens is 212 g/mol. The van der Waals surface area contributed by atoms with E-state index < -0.39 is 0 Å². The van der Waals surface area contributed by atoms with E-state index in [2.05, 4.69) is 6.07 Å². The summed E-state index contributed by atoms with van der Waals surface area (Å²) < 4.78 is 5.44. The van der Waals surface area contributed by atoms with Crippen LogP contribution in [0.3, 0.4) is 0 Å². The van der Waals surface area contributed by atoms with Crippen molar-refractivity contribution in [2.45, 2.75) is 38.0 Å². The predicted octanol–water partition coefficient (Wildman–Crippen LogP) is 3.09. The third kappa shape index (κ3) is 1.97. The second-order valence-corrected chi connectivity index (χ2v) is 5.23. The molecule has 2 heteroatoms. The van der Waals surface area contributed by atoms with Crippen molar-refractivity contribution in [1.82, 2.24) is 0 Å². The fourth-order valence-corrected chi connectivity index (χ4v) is 2.91. The Bertz CT molecular complexity index is 432. The van der Waals surface area contributed by atoms with Crippen molar-refractivity contribution >= 4 is 5.78 Å². The van der Waals surface area contributed by atoms with Crippen molar-refractivity contribution in [2.24, 2.45) is 5.92 Å². The second-order valence-electron chi connectivity index (χ2n) is 5.23. The number of rotatable bonds is 3. The van der Waals surface area contributed by atoms with Crippen LogP contribution in [0.15, 0.2) is 18.2 Å². The van der Waals surface area contributed by atoms with E-state index in [1.54, 1.807) is 7.11 Å².